The molecule has 4 rings (SSSR count). The highest BCUT2D eigenvalue weighted by atomic mass is 16.5. The first kappa shape index (κ1) is 19.6. The molecule has 2 atom stereocenters. The average Bonchev–Trinajstić information content (AvgIpc) is 3.27. The lowest BCUT2D eigenvalue weighted by atomic mass is 10.1. The summed E-state index contributed by atoms with van der Waals surface area (Å²) in [5.41, 5.74) is 2.15. The number of carbonyl (C=O) groups is 3. The third kappa shape index (κ3) is 3.49. The van der Waals surface area contributed by atoms with Gasteiger partial charge in [0.1, 0.15) is 12.3 Å². The van der Waals surface area contributed by atoms with Gasteiger partial charge in [0.15, 0.2) is 12.1 Å². The smallest absolute Gasteiger partial charge is 0.263 e. The van der Waals surface area contributed by atoms with Crippen molar-refractivity contribution in [1.82, 2.24) is 5.01 Å². The molecule has 0 aliphatic carbocycles. The molecule has 2 heterocycles. The summed E-state index contributed by atoms with van der Waals surface area (Å²) in [6.45, 7) is 1.82. The van der Waals surface area contributed by atoms with Crippen LogP contribution in [0.5, 0.6) is 5.75 Å². The lowest BCUT2D eigenvalue weighted by molar-refractivity contribution is -0.123. The van der Waals surface area contributed by atoms with Gasteiger partial charge in [-0.25, -0.2) is 4.90 Å². The summed E-state index contributed by atoms with van der Waals surface area (Å²) in [6, 6.07) is 12.3. The van der Waals surface area contributed by atoms with Crippen LogP contribution in [-0.4, -0.2) is 48.5 Å². The molecule has 3 amide bonds. The number of rotatable bonds is 6. The molecule has 1 saturated heterocycles. The zero-order valence-electron chi connectivity index (χ0n) is 16.6. The second kappa shape index (κ2) is 7.94. The van der Waals surface area contributed by atoms with E-state index in [-0.39, 0.29) is 12.5 Å². The number of nitrogens with zero attached hydrogens (tertiary/aromatic N) is 4. The van der Waals surface area contributed by atoms with Gasteiger partial charge in [-0.2, -0.15) is 5.11 Å². The first-order valence-electron chi connectivity index (χ1n) is 9.60. The van der Waals surface area contributed by atoms with Gasteiger partial charge in [-0.3, -0.25) is 19.4 Å². The maximum absolute atomic E-state index is 13.0. The molecule has 0 radical (unpaired) electrons. The van der Waals surface area contributed by atoms with Crippen LogP contribution in [0.15, 0.2) is 58.9 Å². The number of nitrogens with one attached hydrogen (secondary N) is 1. The normalized spacial score (nSPS) is 19.9. The number of hydrogen-bond donors (Lipinski definition) is 1. The molecule has 0 spiro atoms. The van der Waals surface area contributed by atoms with Crippen molar-refractivity contribution >= 4 is 29.1 Å². The van der Waals surface area contributed by atoms with E-state index in [1.54, 1.807) is 36.4 Å². The Bertz CT molecular complexity index is 1020. The minimum atomic E-state index is -0.937. The van der Waals surface area contributed by atoms with Gasteiger partial charge in [-0.15, -0.1) is 0 Å². The lowest BCUT2D eigenvalue weighted by Crippen LogP contribution is -2.43. The summed E-state index contributed by atoms with van der Waals surface area (Å²) in [4.78, 5) is 39.3. The molecule has 1 N–H and O–H groups in total. The Morgan fingerprint density at radius 3 is 2.60 bits per heavy atom. The van der Waals surface area contributed by atoms with E-state index in [1.807, 2.05) is 19.1 Å². The minimum Gasteiger partial charge on any atom is -0.497 e. The summed E-state index contributed by atoms with van der Waals surface area (Å²) < 4.78 is 5.14. The van der Waals surface area contributed by atoms with Gasteiger partial charge in [0.2, 0.25) is 5.91 Å². The zero-order chi connectivity index (χ0) is 21.3. The number of anilines is 2. The van der Waals surface area contributed by atoms with Gasteiger partial charge >= 0.3 is 0 Å². The largest absolute Gasteiger partial charge is 0.497 e. The molecule has 2 aromatic carbocycles. The average molecular weight is 407 g/mol. The van der Waals surface area contributed by atoms with Crippen molar-refractivity contribution in [2.24, 2.45) is 10.3 Å². The topological polar surface area (TPSA) is 104 Å². The van der Waals surface area contributed by atoms with E-state index in [1.165, 1.54) is 12.1 Å². The number of ether oxygens (including phenoxy) is 1. The summed E-state index contributed by atoms with van der Waals surface area (Å²) in [7, 11) is 1.54. The van der Waals surface area contributed by atoms with Gasteiger partial charge in [0, 0.05) is 11.8 Å². The fourth-order valence-corrected chi connectivity index (χ4v) is 3.54. The number of fused-ring (bicyclic) bond motifs is 1. The second-order valence-corrected chi connectivity index (χ2v) is 7.00. The maximum Gasteiger partial charge on any atom is 0.263 e. The molecule has 0 unspecified atom stereocenters. The number of hydrogen-bond acceptors (Lipinski definition) is 7. The highest BCUT2D eigenvalue weighted by molar-refractivity contribution is 6.25. The monoisotopic (exact) mass is 407 g/mol. The van der Waals surface area contributed by atoms with E-state index in [2.05, 4.69) is 15.7 Å². The van der Waals surface area contributed by atoms with Crippen molar-refractivity contribution in [3.8, 4) is 5.75 Å². The van der Waals surface area contributed by atoms with Gasteiger partial charge in [-0.1, -0.05) is 30.3 Å². The quantitative estimate of drug-likeness (QED) is 0.740. The van der Waals surface area contributed by atoms with Crippen LogP contribution in [0, 0.1) is 0 Å². The number of amides is 3. The van der Waals surface area contributed by atoms with Gasteiger partial charge < -0.3 is 10.1 Å². The minimum absolute atomic E-state index is 0.205. The Morgan fingerprint density at radius 2 is 1.90 bits per heavy atom. The number of carbonyl (C=O) groups excluding carboxylic acids is 3. The molecular formula is C21H21N5O4. The van der Waals surface area contributed by atoms with Gasteiger partial charge in [0.05, 0.1) is 12.8 Å². The molecule has 1 fully saturated rings. The third-order valence-electron chi connectivity index (χ3n) is 5.12. The molecule has 0 bridgehead atoms. The molecular weight excluding hydrogens is 386 g/mol. The fraction of sp³-hybridized carbons (Fsp3) is 0.286. The van der Waals surface area contributed by atoms with Gasteiger partial charge in [-0.05, 0) is 36.2 Å². The molecule has 9 heteroatoms. The van der Waals surface area contributed by atoms with E-state index in [4.69, 9.17) is 4.74 Å². The van der Waals surface area contributed by atoms with Crippen LogP contribution in [0.4, 0.5) is 11.4 Å². The number of benzene rings is 2. The Hall–Kier alpha value is -3.75. The molecule has 154 valence electrons. The van der Waals surface area contributed by atoms with Crippen molar-refractivity contribution in [2.75, 3.05) is 23.9 Å². The van der Waals surface area contributed by atoms with Crippen LogP contribution in [-0.2, 0) is 20.8 Å². The van der Waals surface area contributed by atoms with Crippen molar-refractivity contribution in [2.45, 2.75) is 25.4 Å². The maximum atomic E-state index is 13.0. The Kier molecular flexibility index (Phi) is 5.18. The van der Waals surface area contributed by atoms with E-state index < -0.39 is 23.9 Å². The van der Waals surface area contributed by atoms with E-state index >= 15 is 0 Å². The highest BCUT2D eigenvalue weighted by Gasteiger charge is 2.55. The number of aryl methyl sites for hydroxylation is 1. The van der Waals surface area contributed by atoms with Crippen LogP contribution in [0.1, 0.15) is 12.5 Å². The molecule has 2 aliphatic rings. The summed E-state index contributed by atoms with van der Waals surface area (Å²) in [5.74, 6) is -0.647. The molecule has 0 saturated carbocycles. The number of imide groups is 1. The predicted octanol–water partition coefficient (Wildman–Crippen LogP) is 2.19. The SMILES string of the molecule is CCc1ccc(N2C(=O)[C@@H]3[C@@H](N=NN3CC(=O)Nc3cccc(OC)c3)C2=O)cc1. The second-order valence-electron chi connectivity index (χ2n) is 7.00. The molecule has 2 aromatic rings. The lowest BCUT2D eigenvalue weighted by Gasteiger charge is -2.20. The zero-order valence-corrected chi connectivity index (χ0v) is 16.6. The van der Waals surface area contributed by atoms with Crippen molar-refractivity contribution in [1.29, 1.82) is 0 Å². The summed E-state index contributed by atoms with van der Waals surface area (Å²) in [6.07, 6.45) is 0.859. The van der Waals surface area contributed by atoms with Crippen molar-refractivity contribution in [3.05, 3.63) is 54.1 Å². The first-order chi connectivity index (χ1) is 14.5. The van der Waals surface area contributed by atoms with Crippen LogP contribution >= 0.6 is 0 Å². The first-order valence-corrected chi connectivity index (χ1v) is 9.60. The Balaban J connectivity index is 1.46. The molecule has 0 aromatic heterocycles. The van der Waals surface area contributed by atoms with Crippen molar-refractivity contribution in [3.63, 3.8) is 0 Å². The predicted molar refractivity (Wildman–Crippen MR) is 109 cm³/mol. The summed E-state index contributed by atoms with van der Waals surface area (Å²) >= 11 is 0. The third-order valence-corrected chi connectivity index (χ3v) is 5.12. The summed E-state index contributed by atoms with van der Waals surface area (Å²) in [5, 5.41) is 11.8. The van der Waals surface area contributed by atoms with E-state index in [9.17, 15) is 14.4 Å². The van der Waals surface area contributed by atoms with Crippen LogP contribution in [0.2, 0.25) is 0 Å². The Morgan fingerprint density at radius 1 is 1.13 bits per heavy atom. The van der Waals surface area contributed by atoms with Crippen LogP contribution in [0.3, 0.4) is 0 Å². The van der Waals surface area contributed by atoms with E-state index in [0.29, 0.717) is 17.1 Å². The van der Waals surface area contributed by atoms with Crippen LogP contribution < -0.4 is 15.0 Å². The standard InChI is InChI=1S/C21H21N5O4/c1-3-13-7-9-15(10-8-13)26-20(28)18-19(21(26)29)25(24-23-18)12-17(27)22-14-5-4-6-16(11-14)30-2/h4-11,18-19H,3,12H2,1-2H3,(H,22,27)/t18-,19+/m1/s1. The van der Waals surface area contributed by atoms with Gasteiger partial charge in [0.25, 0.3) is 11.8 Å². The van der Waals surface area contributed by atoms with Crippen molar-refractivity contribution < 1.29 is 19.1 Å². The Labute approximate surface area is 173 Å². The number of methoxy groups -OCH3 is 1. The molecule has 9 nitrogen and oxygen atoms in total. The molecule has 30 heavy (non-hydrogen) atoms. The molecule has 2 aliphatic heterocycles. The fourth-order valence-electron chi connectivity index (χ4n) is 3.54. The van der Waals surface area contributed by atoms with E-state index in [0.717, 1.165) is 16.9 Å². The highest BCUT2D eigenvalue weighted by Crippen LogP contribution is 2.32. The van der Waals surface area contributed by atoms with Crippen LogP contribution in [0.25, 0.3) is 0 Å².